The zero-order valence-corrected chi connectivity index (χ0v) is 13.0. The van der Waals surface area contributed by atoms with Crippen molar-refractivity contribution in [2.24, 2.45) is 0 Å². The van der Waals surface area contributed by atoms with E-state index in [1.165, 1.54) is 22.0 Å². The van der Waals surface area contributed by atoms with Crippen LogP contribution in [-0.4, -0.2) is 10.5 Å². The molecule has 0 amide bonds. The van der Waals surface area contributed by atoms with E-state index in [4.69, 9.17) is 10.5 Å². The Balaban J connectivity index is 2.07. The summed E-state index contributed by atoms with van der Waals surface area (Å²) >= 11 is 3.12. The van der Waals surface area contributed by atoms with Gasteiger partial charge in [0.2, 0.25) is 0 Å². The van der Waals surface area contributed by atoms with E-state index < -0.39 is 0 Å². The summed E-state index contributed by atoms with van der Waals surface area (Å²) in [5.41, 5.74) is 7.22. The summed E-state index contributed by atoms with van der Waals surface area (Å²) in [6, 6.07) is 2.17. The molecule has 0 bridgehead atoms. The molecule has 0 unspecified atom stereocenters. The molecule has 0 atom stereocenters. The van der Waals surface area contributed by atoms with Crippen LogP contribution in [-0.2, 0) is 13.0 Å². The number of nitrogen functional groups attached to an aromatic ring is 1. The van der Waals surface area contributed by atoms with Crippen molar-refractivity contribution >= 4 is 33.7 Å². The largest absolute Gasteiger partial charge is 0.484 e. The molecule has 2 aromatic heterocycles. The van der Waals surface area contributed by atoms with Crippen LogP contribution in [0, 0.1) is 0 Å². The van der Waals surface area contributed by atoms with Gasteiger partial charge in [-0.2, -0.15) is 4.37 Å². The lowest BCUT2D eigenvalue weighted by atomic mass is 10.2. The molecule has 0 radical (unpaired) electrons. The molecule has 0 fully saturated rings. The van der Waals surface area contributed by atoms with Crippen LogP contribution in [0.3, 0.4) is 0 Å². The number of nitrogens with zero attached hydrogens (tertiary/aromatic N) is 1. The maximum atomic E-state index is 5.83. The quantitative estimate of drug-likeness (QED) is 0.852. The first-order valence-corrected chi connectivity index (χ1v) is 7.98. The number of nitrogens with two attached hydrogens (primary N) is 1. The van der Waals surface area contributed by atoms with Crippen molar-refractivity contribution in [3.8, 4) is 5.75 Å². The van der Waals surface area contributed by atoms with Gasteiger partial charge in [-0.1, -0.05) is 6.92 Å². The minimum absolute atomic E-state index is 0.0900. The predicted octanol–water partition coefficient (Wildman–Crippen LogP) is 3.75. The number of rotatable bonds is 6. The lowest BCUT2D eigenvalue weighted by molar-refractivity contribution is 0.245. The highest BCUT2D eigenvalue weighted by Gasteiger charge is 2.14. The number of nitrogens with one attached hydrogen (secondary N) is 1. The molecule has 2 aromatic rings. The summed E-state index contributed by atoms with van der Waals surface area (Å²) in [5.74, 6) is 1.14. The monoisotopic (exact) mass is 297 g/mol. The first kappa shape index (κ1) is 14.1. The van der Waals surface area contributed by atoms with Crippen molar-refractivity contribution < 1.29 is 4.74 Å². The van der Waals surface area contributed by atoms with Crippen LogP contribution < -0.4 is 15.8 Å². The topological polar surface area (TPSA) is 60.2 Å². The van der Waals surface area contributed by atoms with E-state index in [9.17, 15) is 0 Å². The Bertz CT molecular complexity index is 534. The Hall–Kier alpha value is -1.27. The van der Waals surface area contributed by atoms with Gasteiger partial charge in [0, 0.05) is 4.88 Å². The first-order chi connectivity index (χ1) is 9.11. The summed E-state index contributed by atoms with van der Waals surface area (Å²) in [5, 5.41) is 6.41. The zero-order chi connectivity index (χ0) is 13.8. The van der Waals surface area contributed by atoms with E-state index in [1.807, 2.05) is 13.8 Å². The standard InChI is InChI=1S/C13H19N3OS2/c1-4-9-5-6-18-10(9)7-15-13-11(17-8(2)3)12(14)16-19-13/h5-6,8,15H,4,7H2,1-3H3,(H2,14,16). The Morgan fingerprint density at radius 2 is 2.26 bits per heavy atom. The van der Waals surface area contributed by atoms with Crippen LogP contribution in [0.15, 0.2) is 11.4 Å². The molecule has 3 N–H and O–H groups in total. The highest BCUT2D eigenvalue weighted by molar-refractivity contribution is 7.11. The number of aryl methyl sites for hydroxylation is 1. The van der Waals surface area contributed by atoms with Gasteiger partial charge in [-0.15, -0.1) is 11.3 Å². The smallest absolute Gasteiger partial charge is 0.197 e. The molecule has 2 rings (SSSR count). The second-order valence-electron chi connectivity index (χ2n) is 4.47. The van der Waals surface area contributed by atoms with Crippen molar-refractivity contribution in [3.63, 3.8) is 0 Å². The third-order valence-corrected chi connectivity index (χ3v) is 4.42. The Kier molecular flexibility index (Phi) is 4.66. The van der Waals surface area contributed by atoms with Crippen molar-refractivity contribution in [2.75, 3.05) is 11.1 Å². The minimum Gasteiger partial charge on any atom is -0.484 e. The maximum Gasteiger partial charge on any atom is 0.197 e. The van der Waals surface area contributed by atoms with Crippen molar-refractivity contribution in [3.05, 3.63) is 21.9 Å². The molecule has 0 aliphatic heterocycles. The number of aromatic nitrogens is 1. The summed E-state index contributed by atoms with van der Waals surface area (Å²) in [6.07, 6.45) is 1.15. The highest BCUT2D eigenvalue weighted by atomic mass is 32.1. The fraction of sp³-hybridized carbons (Fsp3) is 0.462. The van der Waals surface area contributed by atoms with Crippen molar-refractivity contribution in [1.29, 1.82) is 0 Å². The Morgan fingerprint density at radius 3 is 2.95 bits per heavy atom. The first-order valence-electron chi connectivity index (χ1n) is 6.32. The number of hydrogen-bond donors (Lipinski definition) is 2. The molecule has 104 valence electrons. The van der Waals surface area contributed by atoms with Gasteiger partial charge in [0.15, 0.2) is 16.6 Å². The molecular formula is C13H19N3OS2. The predicted molar refractivity (Wildman–Crippen MR) is 83.3 cm³/mol. The fourth-order valence-electron chi connectivity index (χ4n) is 1.75. The average molecular weight is 297 g/mol. The summed E-state index contributed by atoms with van der Waals surface area (Å²) in [6.45, 7) is 6.92. The number of ether oxygens (including phenoxy) is 1. The van der Waals surface area contributed by atoms with E-state index in [-0.39, 0.29) is 6.10 Å². The number of hydrogen-bond acceptors (Lipinski definition) is 6. The van der Waals surface area contributed by atoms with E-state index in [1.54, 1.807) is 11.3 Å². The second-order valence-corrected chi connectivity index (χ2v) is 6.24. The fourth-order valence-corrected chi connectivity index (χ4v) is 3.31. The third kappa shape index (κ3) is 3.39. The molecule has 0 saturated heterocycles. The molecule has 0 saturated carbocycles. The van der Waals surface area contributed by atoms with Crippen LogP contribution in [0.5, 0.6) is 5.75 Å². The molecule has 0 aliphatic rings. The van der Waals surface area contributed by atoms with Gasteiger partial charge in [0.25, 0.3) is 0 Å². The molecule has 0 aromatic carbocycles. The van der Waals surface area contributed by atoms with Gasteiger partial charge in [0.05, 0.1) is 12.6 Å². The summed E-state index contributed by atoms with van der Waals surface area (Å²) < 4.78 is 9.85. The molecule has 2 heterocycles. The van der Waals surface area contributed by atoms with E-state index >= 15 is 0 Å². The lowest BCUT2D eigenvalue weighted by Gasteiger charge is -2.11. The maximum absolute atomic E-state index is 5.83. The van der Waals surface area contributed by atoms with Gasteiger partial charge in [0.1, 0.15) is 0 Å². The van der Waals surface area contributed by atoms with Crippen molar-refractivity contribution in [2.45, 2.75) is 39.8 Å². The Morgan fingerprint density at radius 1 is 1.47 bits per heavy atom. The zero-order valence-electron chi connectivity index (χ0n) is 11.4. The van der Waals surface area contributed by atoms with Crippen LogP contribution in [0.1, 0.15) is 31.2 Å². The molecular weight excluding hydrogens is 278 g/mol. The van der Waals surface area contributed by atoms with Crippen LogP contribution >= 0.6 is 22.9 Å². The number of thiophene rings is 1. The van der Waals surface area contributed by atoms with E-state index in [0.717, 1.165) is 18.0 Å². The normalized spacial score (nSPS) is 10.9. The molecule has 4 nitrogen and oxygen atoms in total. The molecule has 19 heavy (non-hydrogen) atoms. The van der Waals surface area contributed by atoms with Gasteiger partial charge >= 0.3 is 0 Å². The lowest BCUT2D eigenvalue weighted by Crippen LogP contribution is -2.08. The van der Waals surface area contributed by atoms with Crippen LogP contribution in [0.4, 0.5) is 10.8 Å². The second kappa shape index (κ2) is 6.25. The van der Waals surface area contributed by atoms with E-state index in [2.05, 4.69) is 28.1 Å². The van der Waals surface area contributed by atoms with E-state index in [0.29, 0.717) is 11.6 Å². The van der Waals surface area contributed by atoms with Crippen LogP contribution in [0.2, 0.25) is 0 Å². The Labute approximate surface area is 121 Å². The number of anilines is 2. The SMILES string of the molecule is CCc1ccsc1CNc1snc(N)c1OC(C)C. The minimum atomic E-state index is 0.0900. The molecule has 0 aliphatic carbocycles. The van der Waals surface area contributed by atoms with Gasteiger partial charge in [-0.3, -0.25) is 0 Å². The van der Waals surface area contributed by atoms with Crippen LogP contribution in [0.25, 0.3) is 0 Å². The molecule has 0 spiro atoms. The highest BCUT2D eigenvalue weighted by Crippen LogP contribution is 2.36. The van der Waals surface area contributed by atoms with Gasteiger partial charge in [-0.25, -0.2) is 0 Å². The average Bonchev–Trinajstić information content (AvgIpc) is 2.95. The third-order valence-electron chi connectivity index (χ3n) is 2.66. The summed E-state index contributed by atoms with van der Waals surface area (Å²) in [7, 11) is 0. The summed E-state index contributed by atoms with van der Waals surface area (Å²) in [4.78, 5) is 1.35. The van der Waals surface area contributed by atoms with Crippen molar-refractivity contribution in [1.82, 2.24) is 4.37 Å². The van der Waals surface area contributed by atoms with Gasteiger partial charge < -0.3 is 15.8 Å². The molecule has 6 heteroatoms. The van der Waals surface area contributed by atoms with Gasteiger partial charge in [-0.05, 0) is 48.8 Å².